The average molecular weight is 414 g/mol. The summed E-state index contributed by atoms with van der Waals surface area (Å²) >= 11 is 0. The molecular formula is C24H23FN6. The number of benzene rings is 2. The van der Waals surface area contributed by atoms with Crippen molar-refractivity contribution in [3.05, 3.63) is 77.0 Å². The number of aromatic amines is 1. The van der Waals surface area contributed by atoms with E-state index in [1.54, 1.807) is 0 Å². The Morgan fingerprint density at radius 2 is 1.84 bits per heavy atom. The van der Waals surface area contributed by atoms with Gasteiger partial charge in [-0.2, -0.15) is 5.26 Å². The quantitative estimate of drug-likeness (QED) is 0.388. The Balaban J connectivity index is 1.42. The number of aryl methyl sites for hydroxylation is 2. The second-order valence-electron chi connectivity index (χ2n) is 7.46. The van der Waals surface area contributed by atoms with Crippen LogP contribution in [-0.2, 0) is 12.8 Å². The molecule has 0 aliphatic carbocycles. The lowest BCUT2D eigenvalue weighted by Crippen LogP contribution is -2.08. The minimum atomic E-state index is -0.227. The van der Waals surface area contributed by atoms with Gasteiger partial charge in [-0.1, -0.05) is 18.2 Å². The van der Waals surface area contributed by atoms with Gasteiger partial charge in [0.1, 0.15) is 23.8 Å². The van der Waals surface area contributed by atoms with Crippen LogP contribution in [-0.4, -0.2) is 21.5 Å². The lowest BCUT2D eigenvalue weighted by Gasteiger charge is -2.10. The standard InChI is InChI=1S/C24H23FN6/c1-15-3-8-20(25)24-23(15)19(16(2)30-24)10-12-27-21-13-22(29-14-28-21)31-18-6-4-17(5-7-18)9-11-26/h3-8,13-14,30H,9-10,12H2,1-2H3,(H2,27,28,29,31). The van der Waals surface area contributed by atoms with Gasteiger partial charge in [-0.05, 0) is 55.2 Å². The first-order valence-corrected chi connectivity index (χ1v) is 10.1. The Hall–Kier alpha value is -3.92. The van der Waals surface area contributed by atoms with Crippen LogP contribution in [0.25, 0.3) is 10.9 Å². The van der Waals surface area contributed by atoms with Crippen LogP contribution >= 0.6 is 0 Å². The van der Waals surface area contributed by atoms with Crippen LogP contribution in [0.3, 0.4) is 0 Å². The number of H-pyrrole nitrogens is 1. The summed E-state index contributed by atoms with van der Waals surface area (Å²) in [6, 6.07) is 15.0. The van der Waals surface area contributed by atoms with Crippen LogP contribution in [0.4, 0.5) is 21.7 Å². The van der Waals surface area contributed by atoms with Gasteiger partial charge in [0.05, 0.1) is 18.0 Å². The lowest BCUT2D eigenvalue weighted by atomic mass is 10.0. The molecule has 2 aromatic carbocycles. The fourth-order valence-electron chi connectivity index (χ4n) is 3.74. The highest BCUT2D eigenvalue weighted by Gasteiger charge is 2.13. The maximum atomic E-state index is 14.1. The van der Waals surface area contributed by atoms with Crippen molar-refractivity contribution in [3.8, 4) is 6.07 Å². The number of aromatic nitrogens is 3. The third-order valence-electron chi connectivity index (χ3n) is 5.29. The molecule has 0 aliphatic rings. The van der Waals surface area contributed by atoms with Crippen LogP contribution in [0.2, 0.25) is 0 Å². The molecule has 0 saturated heterocycles. The zero-order valence-corrected chi connectivity index (χ0v) is 17.5. The van der Waals surface area contributed by atoms with Crippen molar-refractivity contribution >= 4 is 28.2 Å². The van der Waals surface area contributed by atoms with E-state index in [0.29, 0.717) is 30.1 Å². The van der Waals surface area contributed by atoms with Crippen LogP contribution in [0.1, 0.15) is 22.4 Å². The molecule has 0 radical (unpaired) electrons. The van der Waals surface area contributed by atoms with Gasteiger partial charge in [0, 0.05) is 29.4 Å². The summed E-state index contributed by atoms with van der Waals surface area (Å²) < 4.78 is 14.1. The van der Waals surface area contributed by atoms with E-state index in [2.05, 4.69) is 31.7 Å². The molecule has 4 rings (SSSR count). The smallest absolute Gasteiger partial charge is 0.147 e. The highest BCUT2D eigenvalue weighted by molar-refractivity contribution is 5.88. The van der Waals surface area contributed by atoms with E-state index in [0.717, 1.165) is 39.9 Å². The summed E-state index contributed by atoms with van der Waals surface area (Å²) in [5, 5.41) is 16.3. The molecule has 0 unspecified atom stereocenters. The SMILES string of the molecule is Cc1[nH]c2c(F)ccc(C)c2c1CCNc1cc(Nc2ccc(CC#N)cc2)ncn1. The number of nitriles is 1. The Morgan fingerprint density at radius 1 is 1.06 bits per heavy atom. The highest BCUT2D eigenvalue weighted by Crippen LogP contribution is 2.28. The molecule has 0 amide bonds. The van der Waals surface area contributed by atoms with E-state index in [-0.39, 0.29) is 5.82 Å². The number of hydrogen-bond donors (Lipinski definition) is 3. The molecule has 31 heavy (non-hydrogen) atoms. The van der Waals surface area contributed by atoms with E-state index in [1.807, 2.05) is 50.2 Å². The van der Waals surface area contributed by atoms with Gasteiger partial charge in [0.15, 0.2) is 0 Å². The molecule has 0 aliphatic heterocycles. The topological polar surface area (TPSA) is 89.4 Å². The number of rotatable bonds is 7. The second-order valence-corrected chi connectivity index (χ2v) is 7.46. The van der Waals surface area contributed by atoms with Crippen molar-refractivity contribution in [1.29, 1.82) is 5.26 Å². The van der Waals surface area contributed by atoms with Crippen molar-refractivity contribution in [3.63, 3.8) is 0 Å². The maximum absolute atomic E-state index is 14.1. The molecule has 4 aromatic rings. The number of nitrogens with one attached hydrogen (secondary N) is 3. The molecule has 2 heterocycles. The Morgan fingerprint density at radius 3 is 2.61 bits per heavy atom. The number of anilines is 3. The van der Waals surface area contributed by atoms with Crippen molar-refractivity contribution in [2.24, 2.45) is 0 Å². The molecular weight excluding hydrogens is 391 g/mol. The van der Waals surface area contributed by atoms with Crippen LogP contribution in [0.15, 0.2) is 48.8 Å². The average Bonchev–Trinajstić information content (AvgIpc) is 3.10. The Labute approximate surface area is 180 Å². The van der Waals surface area contributed by atoms with Crippen LogP contribution in [0, 0.1) is 31.0 Å². The predicted molar refractivity (Wildman–Crippen MR) is 121 cm³/mol. The van der Waals surface area contributed by atoms with Gasteiger partial charge < -0.3 is 15.6 Å². The van der Waals surface area contributed by atoms with Gasteiger partial charge in [-0.15, -0.1) is 0 Å². The van der Waals surface area contributed by atoms with Crippen molar-refractivity contribution in [1.82, 2.24) is 15.0 Å². The zero-order chi connectivity index (χ0) is 21.8. The largest absolute Gasteiger partial charge is 0.370 e. The van der Waals surface area contributed by atoms with Gasteiger partial charge in [0.25, 0.3) is 0 Å². The third-order valence-corrected chi connectivity index (χ3v) is 5.29. The second kappa shape index (κ2) is 8.84. The van der Waals surface area contributed by atoms with E-state index in [9.17, 15) is 4.39 Å². The first kappa shape index (κ1) is 20.4. The van der Waals surface area contributed by atoms with Crippen molar-refractivity contribution in [2.45, 2.75) is 26.7 Å². The number of nitrogens with zero attached hydrogens (tertiary/aromatic N) is 3. The van der Waals surface area contributed by atoms with Gasteiger partial charge in [-0.25, -0.2) is 14.4 Å². The normalized spacial score (nSPS) is 10.8. The van der Waals surface area contributed by atoms with E-state index in [1.165, 1.54) is 12.4 Å². The third kappa shape index (κ3) is 4.48. The number of hydrogen-bond acceptors (Lipinski definition) is 5. The fourth-order valence-corrected chi connectivity index (χ4v) is 3.74. The summed E-state index contributed by atoms with van der Waals surface area (Å²) in [7, 11) is 0. The maximum Gasteiger partial charge on any atom is 0.147 e. The summed E-state index contributed by atoms with van der Waals surface area (Å²) in [5.74, 6) is 1.15. The summed E-state index contributed by atoms with van der Waals surface area (Å²) in [5.41, 5.74) is 5.59. The highest BCUT2D eigenvalue weighted by atomic mass is 19.1. The molecule has 0 saturated carbocycles. The Kier molecular flexibility index (Phi) is 5.80. The molecule has 3 N–H and O–H groups in total. The molecule has 0 fully saturated rings. The number of halogens is 1. The van der Waals surface area contributed by atoms with Crippen molar-refractivity contribution in [2.75, 3.05) is 17.2 Å². The lowest BCUT2D eigenvalue weighted by molar-refractivity contribution is 0.637. The van der Waals surface area contributed by atoms with Gasteiger partial charge >= 0.3 is 0 Å². The molecule has 0 spiro atoms. The molecule has 0 bridgehead atoms. The molecule has 0 atom stereocenters. The molecule has 7 heteroatoms. The van der Waals surface area contributed by atoms with Crippen LogP contribution < -0.4 is 10.6 Å². The predicted octanol–water partition coefficient (Wildman–Crippen LogP) is 5.18. The number of fused-ring (bicyclic) bond motifs is 1. The van der Waals surface area contributed by atoms with E-state index < -0.39 is 0 Å². The van der Waals surface area contributed by atoms with Gasteiger partial charge in [0.2, 0.25) is 0 Å². The first-order valence-electron chi connectivity index (χ1n) is 10.1. The zero-order valence-electron chi connectivity index (χ0n) is 17.5. The summed E-state index contributed by atoms with van der Waals surface area (Å²) in [6.45, 7) is 4.63. The summed E-state index contributed by atoms with van der Waals surface area (Å²) in [6.07, 6.45) is 2.64. The van der Waals surface area contributed by atoms with Crippen molar-refractivity contribution < 1.29 is 4.39 Å². The van der Waals surface area contributed by atoms with E-state index in [4.69, 9.17) is 5.26 Å². The molecule has 6 nitrogen and oxygen atoms in total. The summed E-state index contributed by atoms with van der Waals surface area (Å²) in [4.78, 5) is 11.7. The minimum Gasteiger partial charge on any atom is -0.370 e. The fraction of sp³-hybridized carbons (Fsp3) is 0.208. The molecule has 2 aromatic heterocycles. The van der Waals surface area contributed by atoms with E-state index >= 15 is 0 Å². The minimum absolute atomic E-state index is 0.227. The molecule has 156 valence electrons. The Bertz CT molecular complexity index is 1250. The monoisotopic (exact) mass is 414 g/mol. The first-order chi connectivity index (χ1) is 15.0. The van der Waals surface area contributed by atoms with Crippen LogP contribution in [0.5, 0.6) is 0 Å². The van der Waals surface area contributed by atoms with Gasteiger partial charge in [-0.3, -0.25) is 0 Å².